The van der Waals surface area contributed by atoms with E-state index in [4.69, 9.17) is 11.6 Å². The molecule has 1 rings (SSSR count). The van der Waals surface area contributed by atoms with Gasteiger partial charge in [0.05, 0.1) is 11.9 Å². The predicted molar refractivity (Wildman–Crippen MR) is 90.9 cm³/mol. The van der Waals surface area contributed by atoms with Crippen molar-refractivity contribution in [3.8, 4) is 0 Å². The van der Waals surface area contributed by atoms with E-state index in [0.717, 1.165) is 6.26 Å². The smallest absolute Gasteiger partial charge is 0.232 e. The van der Waals surface area contributed by atoms with Crippen LogP contribution in [0.3, 0.4) is 0 Å². The molecular weight excluding hydrogens is 324 g/mol. The summed E-state index contributed by atoms with van der Waals surface area (Å²) in [6, 6.07) is 5.23. The van der Waals surface area contributed by atoms with Crippen LogP contribution in [0.25, 0.3) is 0 Å². The van der Waals surface area contributed by atoms with Gasteiger partial charge in [-0.15, -0.1) is 0 Å². The molecule has 0 heterocycles. The van der Waals surface area contributed by atoms with Crippen molar-refractivity contribution in [3.63, 3.8) is 0 Å². The lowest BCUT2D eigenvalue weighted by Crippen LogP contribution is -2.34. The number of amides is 1. The van der Waals surface area contributed by atoms with E-state index < -0.39 is 10.0 Å². The van der Waals surface area contributed by atoms with Crippen LogP contribution in [0.4, 0.5) is 5.69 Å². The third-order valence-electron chi connectivity index (χ3n) is 3.12. The first-order valence-corrected chi connectivity index (χ1v) is 9.37. The van der Waals surface area contributed by atoms with E-state index in [2.05, 4.69) is 5.32 Å². The zero-order chi connectivity index (χ0) is 16.9. The number of benzene rings is 1. The Morgan fingerprint density at radius 3 is 2.55 bits per heavy atom. The van der Waals surface area contributed by atoms with Crippen LogP contribution in [-0.4, -0.2) is 33.2 Å². The van der Waals surface area contributed by atoms with Gasteiger partial charge in [0.15, 0.2) is 0 Å². The molecule has 1 aromatic carbocycles. The van der Waals surface area contributed by atoms with Gasteiger partial charge in [-0.3, -0.25) is 9.10 Å². The van der Waals surface area contributed by atoms with E-state index in [1.807, 2.05) is 13.8 Å². The van der Waals surface area contributed by atoms with E-state index in [1.165, 1.54) is 4.31 Å². The third kappa shape index (κ3) is 5.50. The zero-order valence-corrected chi connectivity index (χ0v) is 15.0. The van der Waals surface area contributed by atoms with E-state index in [9.17, 15) is 13.2 Å². The third-order valence-corrected chi connectivity index (χ3v) is 4.71. The first-order valence-electron chi connectivity index (χ1n) is 7.15. The fraction of sp³-hybridized carbons (Fsp3) is 0.533. The maximum atomic E-state index is 12.0. The standard InChI is InChI=1S/C15H23ClN2O3S/c1-11(2)17-15(19)9-6-10-18(22(4,20)21)14-8-5-7-13(16)12(14)3/h5,7-8,11H,6,9-10H2,1-4H3,(H,17,19). The van der Waals surface area contributed by atoms with Crippen molar-refractivity contribution >= 4 is 33.2 Å². The minimum Gasteiger partial charge on any atom is -0.354 e. The van der Waals surface area contributed by atoms with Gasteiger partial charge in [0, 0.05) is 24.0 Å². The SMILES string of the molecule is Cc1c(Cl)cccc1N(CCCC(=O)NC(C)C)S(C)(=O)=O. The molecule has 0 saturated heterocycles. The molecule has 0 aliphatic rings. The van der Waals surface area contributed by atoms with Crippen LogP contribution in [0.1, 0.15) is 32.3 Å². The summed E-state index contributed by atoms with van der Waals surface area (Å²) >= 11 is 6.06. The summed E-state index contributed by atoms with van der Waals surface area (Å²) in [5, 5.41) is 3.30. The second-order valence-electron chi connectivity index (χ2n) is 5.54. The van der Waals surface area contributed by atoms with Gasteiger partial charge in [0.25, 0.3) is 0 Å². The molecule has 0 fully saturated rings. The number of halogens is 1. The lowest BCUT2D eigenvalue weighted by atomic mass is 10.2. The average molecular weight is 347 g/mol. The quantitative estimate of drug-likeness (QED) is 0.825. The molecule has 0 saturated carbocycles. The van der Waals surface area contributed by atoms with Crippen molar-refractivity contribution in [1.82, 2.24) is 5.32 Å². The van der Waals surface area contributed by atoms with Gasteiger partial charge in [0.1, 0.15) is 0 Å². The molecule has 124 valence electrons. The van der Waals surface area contributed by atoms with Crippen LogP contribution >= 0.6 is 11.6 Å². The largest absolute Gasteiger partial charge is 0.354 e. The Labute approximate surface area is 137 Å². The Hall–Kier alpha value is -1.27. The normalized spacial score (nSPS) is 11.5. The van der Waals surface area contributed by atoms with Crippen LogP contribution in [0.2, 0.25) is 5.02 Å². The number of hydrogen-bond acceptors (Lipinski definition) is 3. The number of rotatable bonds is 7. The summed E-state index contributed by atoms with van der Waals surface area (Å²) in [5.74, 6) is -0.0775. The second-order valence-corrected chi connectivity index (χ2v) is 7.86. The van der Waals surface area contributed by atoms with E-state index in [-0.39, 0.29) is 24.9 Å². The van der Waals surface area contributed by atoms with Crippen LogP contribution < -0.4 is 9.62 Å². The summed E-state index contributed by atoms with van der Waals surface area (Å²) in [6.07, 6.45) is 1.88. The number of nitrogens with one attached hydrogen (secondary N) is 1. The number of hydrogen-bond donors (Lipinski definition) is 1. The van der Waals surface area contributed by atoms with E-state index in [0.29, 0.717) is 22.7 Å². The lowest BCUT2D eigenvalue weighted by molar-refractivity contribution is -0.121. The topological polar surface area (TPSA) is 66.5 Å². The minimum atomic E-state index is -3.44. The van der Waals surface area contributed by atoms with E-state index in [1.54, 1.807) is 25.1 Å². The number of nitrogens with zero attached hydrogens (tertiary/aromatic N) is 1. The highest BCUT2D eigenvalue weighted by atomic mass is 35.5. The second kappa shape index (κ2) is 7.83. The van der Waals surface area contributed by atoms with Crippen molar-refractivity contribution in [2.24, 2.45) is 0 Å². The van der Waals surface area contributed by atoms with Gasteiger partial charge < -0.3 is 5.32 Å². The summed E-state index contributed by atoms with van der Waals surface area (Å²) < 4.78 is 25.4. The Bertz CT molecular complexity index is 630. The van der Waals surface area contributed by atoms with E-state index >= 15 is 0 Å². The molecule has 1 N–H and O–H groups in total. The van der Waals surface area contributed by atoms with Crippen LogP contribution in [0.5, 0.6) is 0 Å². The first kappa shape index (κ1) is 18.8. The predicted octanol–water partition coefficient (Wildman–Crippen LogP) is 2.72. The molecule has 7 heteroatoms. The van der Waals surface area contributed by atoms with Gasteiger partial charge in [-0.2, -0.15) is 0 Å². The molecule has 1 aromatic rings. The summed E-state index contributed by atoms with van der Waals surface area (Å²) in [6.45, 7) is 5.79. The molecule has 0 atom stereocenters. The average Bonchev–Trinajstić information content (AvgIpc) is 2.36. The highest BCUT2D eigenvalue weighted by molar-refractivity contribution is 7.92. The summed E-state index contributed by atoms with van der Waals surface area (Å²) in [5.41, 5.74) is 1.26. The highest BCUT2D eigenvalue weighted by Gasteiger charge is 2.20. The van der Waals surface area contributed by atoms with Gasteiger partial charge in [-0.25, -0.2) is 8.42 Å². The van der Waals surface area contributed by atoms with Crippen molar-refractivity contribution in [3.05, 3.63) is 28.8 Å². The number of carbonyl (C=O) groups is 1. The van der Waals surface area contributed by atoms with Crippen LogP contribution in [0.15, 0.2) is 18.2 Å². The fourth-order valence-electron chi connectivity index (χ4n) is 2.11. The minimum absolute atomic E-state index is 0.0775. The Balaban J connectivity index is 2.84. The Kier molecular flexibility index (Phi) is 6.68. The van der Waals surface area contributed by atoms with Crippen molar-refractivity contribution in [2.75, 3.05) is 17.1 Å². The fourth-order valence-corrected chi connectivity index (χ4v) is 3.29. The number of anilines is 1. The van der Waals surface area contributed by atoms with Gasteiger partial charge in [-0.05, 0) is 44.9 Å². The van der Waals surface area contributed by atoms with Crippen molar-refractivity contribution in [2.45, 2.75) is 39.7 Å². The van der Waals surface area contributed by atoms with Crippen LogP contribution in [-0.2, 0) is 14.8 Å². The zero-order valence-electron chi connectivity index (χ0n) is 13.4. The molecule has 5 nitrogen and oxygen atoms in total. The molecule has 0 unspecified atom stereocenters. The molecule has 0 aliphatic carbocycles. The maximum Gasteiger partial charge on any atom is 0.232 e. The van der Waals surface area contributed by atoms with Crippen molar-refractivity contribution < 1.29 is 13.2 Å². The molecule has 0 spiro atoms. The molecule has 0 bridgehead atoms. The van der Waals surface area contributed by atoms with Crippen LogP contribution in [0, 0.1) is 6.92 Å². The van der Waals surface area contributed by atoms with Crippen molar-refractivity contribution in [1.29, 1.82) is 0 Å². The molecule has 0 aliphatic heterocycles. The summed E-state index contributed by atoms with van der Waals surface area (Å²) in [4.78, 5) is 11.6. The molecule has 22 heavy (non-hydrogen) atoms. The highest BCUT2D eigenvalue weighted by Crippen LogP contribution is 2.28. The molecule has 1 amide bonds. The molecule has 0 radical (unpaired) electrons. The van der Waals surface area contributed by atoms with Gasteiger partial charge in [-0.1, -0.05) is 17.7 Å². The monoisotopic (exact) mass is 346 g/mol. The lowest BCUT2D eigenvalue weighted by Gasteiger charge is -2.24. The Morgan fingerprint density at radius 1 is 1.36 bits per heavy atom. The van der Waals surface area contributed by atoms with Gasteiger partial charge in [0.2, 0.25) is 15.9 Å². The molecular formula is C15H23ClN2O3S. The summed E-state index contributed by atoms with van der Waals surface area (Å²) in [7, 11) is -3.44. The molecule has 0 aromatic heterocycles. The maximum absolute atomic E-state index is 12.0. The first-order chi connectivity index (χ1) is 10.1. The van der Waals surface area contributed by atoms with Gasteiger partial charge >= 0.3 is 0 Å². The Morgan fingerprint density at radius 2 is 2.00 bits per heavy atom. The number of sulfonamides is 1. The number of carbonyl (C=O) groups excluding carboxylic acids is 1.